The van der Waals surface area contributed by atoms with Crippen molar-refractivity contribution in [2.45, 2.75) is 39.5 Å². The molecule has 0 saturated heterocycles. The fourth-order valence-corrected chi connectivity index (χ4v) is 2.93. The van der Waals surface area contributed by atoms with Gasteiger partial charge < -0.3 is 4.42 Å². The highest BCUT2D eigenvalue weighted by Crippen LogP contribution is 2.31. The Morgan fingerprint density at radius 1 is 1.26 bits per heavy atom. The number of aryl methyl sites for hydroxylation is 1. The third kappa shape index (κ3) is 3.11. The van der Waals surface area contributed by atoms with Crippen molar-refractivity contribution in [1.29, 1.82) is 0 Å². The molecule has 0 bridgehead atoms. The van der Waals surface area contributed by atoms with Crippen LogP contribution in [-0.2, 0) is 11.8 Å². The van der Waals surface area contributed by atoms with Crippen LogP contribution in [0.5, 0.6) is 0 Å². The molecule has 3 nitrogen and oxygen atoms in total. The second kappa shape index (κ2) is 5.40. The summed E-state index contributed by atoms with van der Waals surface area (Å²) in [6, 6.07) is 3.84. The molecule has 0 amide bonds. The van der Waals surface area contributed by atoms with Crippen molar-refractivity contribution in [3.8, 4) is 11.6 Å². The number of halogens is 2. The molecule has 0 fully saturated rings. The lowest BCUT2D eigenvalue weighted by Gasteiger charge is -2.20. The molecular weight excluding hydrogens is 375 g/mol. The Morgan fingerprint density at radius 3 is 2.47 bits per heavy atom. The predicted octanol–water partition coefficient (Wildman–Crippen LogP) is 4.85. The predicted molar refractivity (Wildman–Crippen MR) is 85.5 cm³/mol. The van der Waals surface area contributed by atoms with Gasteiger partial charge in [0.05, 0.1) is 9.26 Å². The van der Waals surface area contributed by atoms with Crippen molar-refractivity contribution in [1.82, 2.24) is 9.97 Å². The summed E-state index contributed by atoms with van der Waals surface area (Å²) in [7, 11) is 0. The molecule has 2 rings (SSSR count). The molecule has 0 aliphatic rings. The molecule has 2 aromatic heterocycles. The van der Waals surface area contributed by atoms with E-state index in [1.807, 2.05) is 19.1 Å². The highest BCUT2D eigenvalue weighted by atomic mass is 127. The van der Waals surface area contributed by atoms with Gasteiger partial charge in [0, 0.05) is 11.8 Å². The van der Waals surface area contributed by atoms with Crippen LogP contribution >= 0.6 is 34.2 Å². The third-order valence-corrected chi connectivity index (χ3v) is 4.37. The smallest absolute Gasteiger partial charge is 0.197 e. The standard InChI is InChI=1S/C14H16ClIN2O/c1-5-8-6-7-9(19-8)13-17-11(14(2,3)4)10(16)12(15)18-13/h6-7H,5H2,1-4H3. The fourth-order valence-electron chi connectivity index (χ4n) is 1.71. The Labute approximate surface area is 131 Å². The lowest BCUT2D eigenvalue weighted by molar-refractivity contribution is 0.521. The minimum atomic E-state index is -0.0853. The van der Waals surface area contributed by atoms with Crippen LogP contribution in [0.2, 0.25) is 5.15 Å². The Kier molecular flexibility index (Phi) is 4.20. The highest BCUT2D eigenvalue weighted by molar-refractivity contribution is 14.1. The zero-order valence-corrected chi connectivity index (χ0v) is 14.3. The quantitative estimate of drug-likeness (QED) is 0.543. The maximum absolute atomic E-state index is 6.22. The first-order valence-corrected chi connectivity index (χ1v) is 7.61. The van der Waals surface area contributed by atoms with E-state index in [4.69, 9.17) is 16.0 Å². The van der Waals surface area contributed by atoms with Crippen LogP contribution in [0.25, 0.3) is 11.6 Å². The van der Waals surface area contributed by atoms with E-state index in [0.717, 1.165) is 21.4 Å². The van der Waals surface area contributed by atoms with Crippen LogP contribution < -0.4 is 0 Å². The molecule has 0 aliphatic carbocycles. The summed E-state index contributed by atoms with van der Waals surface area (Å²) >= 11 is 8.41. The van der Waals surface area contributed by atoms with E-state index in [2.05, 4.69) is 53.3 Å². The van der Waals surface area contributed by atoms with Crippen molar-refractivity contribution in [2.75, 3.05) is 0 Å². The molecule has 0 spiro atoms. The van der Waals surface area contributed by atoms with E-state index in [0.29, 0.717) is 16.7 Å². The molecule has 2 heterocycles. The third-order valence-electron chi connectivity index (χ3n) is 2.75. The highest BCUT2D eigenvalue weighted by Gasteiger charge is 2.23. The Hall–Kier alpha value is -0.620. The number of rotatable bonds is 2. The molecular formula is C14H16ClIN2O. The molecule has 0 aromatic carbocycles. The van der Waals surface area contributed by atoms with Gasteiger partial charge >= 0.3 is 0 Å². The average Bonchev–Trinajstić information content (AvgIpc) is 2.79. The summed E-state index contributed by atoms with van der Waals surface area (Å²) in [5, 5.41) is 0.477. The summed E-state index contributed by atoms with van der Waals surface area (Å²) < 4.78 is 6.60. The first-order valence-electron chi connectivity index (χ1n) is 6.15. The van der Waals surface area contributed by atoms with E-state index in [9.17, 15) is 0 Å². The molecule has 5 heteroatoms. The van der Waals surface area contributed by atoms with Crippen LogP contribution in [0, 0.1) is 3.57 Å². The minimum Gasteiger partial charge on any atom is -0.458 e. The topological polar surface area (TPSA) is 38.9 Å². The van der Waals surface area contributed by atoms with E-state index in [1.165, 1.54) is 0 Å². The van der Waals surface area contributed by atoms with Gasteiger partial charge in [-0.1, -0.05) is 39.3 Å². The number of aromatic nitrogens is 2. The zero-order valence-electron chi connectivity index (χ0n) is 11.4. The van der Waals surface area contributed by atoms with Gasteiger partial charge in [-0.15, -0.1) is 0 Å². The van der Waals surface area contributed by atoms with Gasteiger partial charge in [0.1, 0.15) is 10.9 Å². The summed E-state index contributed by atoms with van der Waals surface area (Å²) in [6.07, 6.45) is 0.851. The minimum absolute atomic E-state index is 0.0853. The molecule has 19 heavy (non-hydrogen) atoms. The molecule has 0 N–H and O–H groups in total. The van der Waals surface area contributed by atoms with E-state index >= 15 is 0 Å². The van der Waals surface area contributed by atoms with Crippen molar-refractivity contribution in [2.24, 2.45) is 0 Å². The van der Waals surface area contributed by atoms with Crippen LogP contribution in [-0.4, -0.2) is 9.97 Å². The van der Waals surface area contributed by atoms with Gasteiger partial charge in [-0.2, -0.15) is 0 Å². The first kappa shape index (κ1) is 14.8. The lowest BCUT2D eigenvalue weighted by Crippen LogP contribution is -2.17. The Balaban J connectivity index is 2.56. The van der Waals surface area contributed by atoms with E-state index in [1.54, 1.807) is 0 Å². The first-order chi connectivity index (χ1) is 8.82. The lowest BCUT2D eigenvalue weighted by atomic mass is 9.92. The molecule has 0 saturated carbocycles. The normalized spacial score (nSPS) is 11.9. The van der Waals surface area contributed by atoms with Crippen LogP contribution in [0.4, 0.5) is 0 Å². The Morgan fingerprint density at radius 2 is 1.95 bits per heavy atom. The van der Waals surface area contributed by atoms with Gasteiger partial charge in [0.2, 0.25) is 0 Å². The SMILES string of the molecule is CCc1ccc(-c2nc(Cl)c(I)c(C(C)(C)C)n2)o1. The summed E-state index contributed by atoms with van der Waals surface area (Å²) in [5.41, 5.74) is 0.857. The van der Waals surface area contributed by atoms with E-state index < -0.39 is 0 Å². The van der Waals surface area contributed by atoms with Crippen molar-refractivity contribution >= 4 is 34.2 Å². The maximum Gasteiger partial charge on any atom is 0.197 e. The number of hydrogen-bond donors (Lipinski definition) is 0. The van der Waals surface area contributed by atoms with Crippen LogP contribution in [0.3, 0.4) is 0 Å². The van der Waals surface area contributed by atoms with Crippen molar-refractivity contribution < 1.29 is 4.42 Å². The molecule has 2 aromatic rings. The summed E-state index contributed by atoms with van der Waals surface area (Å²) in [6.45, 7) is 8.37. The van der Waals surface area contributed by atoms with Gasteiger partial charge in [0.15, 0.2) is 11.6 Å². The number of furan rings is 1. The molecule has 102 valence electrons. The second-order valence-electron chi connectivity index (χ2n) is 5.37. The fraction of sp³-hybridized carbons (Fsp3) is 0.429. The largest absolute Gasteiger partial charge is 0.458 e. The summed E-state index contributed by atoms with van der Waals surface area (Å²) in [5.74, 6) is 2.14. The zero-order chi connectivity index (χ0) is 14.2. The van der Waals surface area contributed by atoms with Crippen molar-refractivity contribution in [3.63, 3.8) is 0 Å². The van der Waals surface area contributed by atoms with Crippen LogP contribution in [0.1, 0.15) is 39.1 Å². The van der Waals surface area contributed by atoms with E-state index in [-0.39, 0.29) is 5.41 Å². The monoisotopic (exact) mass is 390 g/mol. The maximum atomic E-state index is 6.22. The Bertz CT molecular complexity index is 602. The number of hydrogen-bond acceptors (Lipinski definition) is 3. The molecule has 0 atom stereocenters. The molecule has 0 unspecified atom stereocenters. The van der Waals surface area contributed by atoms with Crippen molar-refractivity contribution in [3.05, 3.63) is 32.3 Å². The summed E-state index contributed by atoms with van der Waals surface area (Å²) in [4.78, 5) is 8.94. The van der Waals surface area contributed by atoms with Gasteiger partial charge in [-0.3, -0.25) is 0 Å². The van der Waals surface area contributed by atoms with Gasteiger partial charge in [-0.25, -0.2) is 9.97 Å². The van der Waals surface area contributed by atoms with Crippen LogP contribution in [0.15, 0.2) is 16.5 Å². The van der Waals surface area contributed by atoms with Gasteiger partial charge in [0.25, 0.3) is 0 Å². The number of nitrogens with zero attached hydrogens (tertiary/aromatic N) is 2. The second-order valence-corrected chi connectivity index (χ2v) is 6.81. The molecule has 0 radical (unpaired) electrons. The molecule has 0 aliphatic heterocycles. The van der Waals surface area contributed by atoms with Gasteiger partial charge in [-0.05, 0) is 34.7 Å². The average molecular weight is 391 g/mol.